The van der Waals surface area contributed by atoms with Crippen molar-refractivity contribution in [2.45, 2.75) is 51.9 Å². The molecule has 0 aliphatic carbocycles. The van der Waals surface area contributed by atoms with Gasteiger partial charge in [-0.2, -0.15) is 26.3 Å². The molecule has 2 aliphatic heterocycles. The maximum absolute atomic E-state index is 12.6. The van der Waals surface area contributed by atoms with Gasteiger partial charge in [0.05, 0.1) is 63.9 Å². The standard InChI is InChI=1S/C21H21ClF3N3O3.C14H9F3N2O4.C13H17ClN2O2.2CH4.ClH.H2O4/c22-18-9-14(15(11-29)12-30)10-26-19(18)13-5-7-28(8-6-13)20(31)27-17-3-1-16(2-4-17)21(23,24)25;15-14(16,17)9-1-3-10(4-2-9)18-13(20)23-12-7-5-11(6-8-12)19(21)22;14-12-5-10(11(7-17)8-18)6-16-13(12)9-1-3-15-4-2-9;;;;1-3-4-2/h1-5,9-10,15,29-30H,6-8,11-12H2,(H,27,31);1-8H,(H,18,20);1,5-6,11,15,17-18H,2-4,7-8H2;2*1H4;1H;1-2H. The van der Waals surface area contributed by atoms with Crippen LogP contribution in [0.5, 0.6) is 5.75 Å². The number of urea groups is 1. The third kappa shape index (κ3) is 22.3. The Bertz CT molecular complexity index is 2740. The number of nitro groups is 1. The van der Waals surface area contributed by atoms with Crippen molar-refractivity contribution < 1.29 is 86.6 Å². The second kappa shape index (κ2) is 34.5. The van der Waals surface area contributed by atoms with Gasteiger partial charge in [0.2, 0.25) is 0 Å². The lowest BCUT2D eigenvalue weighted by Gasteiger charge is -2.27. The summed E-state index contributed by atoms with van der Waals surface area (Å²) in [5.41, 5.74) is 3.38. The van der Waals surface area contributed by atoms with Crippen LogP contribution >= 0.6 is 35.6 Å². The number of rotatable bonds is 13. The van der Waals surface area contributed by atoms with Crippen LogP contribution in [0.2, 0.25) is 10.0 Å². The molecule has 0 bridgehead atoms. The molecule has 0 unspecified atom stereocenters. The van der Waals surface area contributed by atoms with Gasteiger partial charge in [-0.3, -0.25) is 25.4 Å². The molecule has 79 heavy (non-hydrogen) atoms. The summed E-state index contributed by atoms with van der Waals surface area (Å²) in [6, 6.07) is 15.8. The fourth-order valence-electron chi connectivity index (χ4n) is 6.84. The molecule has 3 aromatic carbocycles. The molecule has 0 radical (unpaired) electrons. The number of aromatic nitrogens is 2. The molecule has 0 saturated heterocycles. The number of non-ortho nitro benzene ring substituents is 1. The molecule has 29 heteroatoms. The highest BCUT2D eigenvalue weighted by Crippen LogP contribution is 2.33. The Hall–Kier alpha value is -6.53. The highest BCUT2D eigenvalue weighted by Gasteiger charge is 2.31. The third-order valence-electron chi connectivity index (χ3n) is 10.9. The molecule has 7 rings (SSSR count). The Morgan fingerprint density at radius 2 is 1.15 bits per heavy atom. The van der Waals surface area contributed by atoms with Crippen LogP contribution in [-0.4, -0.2) is 115 Å². The minimum atomic E-state index is -4.46. The molecular weight excluding hydrogens is 1130 g/mol. The Balaban J connectivity index is 0.000000580. The predicted octanol–water partition coefficient (Wildman–Crippen LogP) is 11.1. The van der Waals surface area contributed by atoms with Gasteiger partial charge in [-0.25, -0.2) is 20.1 Å². The first kappa shape index (κ1) is 70.5. The van der Waals surface area contributed by atoms with Crippen molar-refractivity contribution in [2.75, 3.05) is 63.2 Å². The average molecular weight is 1190 g/mol. The number of aliphatic hydroxyl groups is 4. The molecule has 0 fully saturated rings. The van der Waals surface area contributed by atoms with E-state index in [4.69, 9.17) is 48.7 Å². The molecule has 434 valence electrons. The summed E-state index contributed by atoms with van der Waals surface area (Å²) >= 11 is 12.6. The Kier molecular flexibility index (Phi) is 30.8. The highest BCUT2D eigenvalue weighted by atomic mass is 35.5. The van der Waals surface area contributed by atoms with Crippen LogP contribution in [-0.2, 0) is 22.4 Å². The minimum absolute atomic E-state index is 0. The SMILES string of the molecule is C.C.Cl.O=C(Nc1ccc(C(F)(F)F)cc1)N1CC=C(c2ncc(C(CO)CO)cc2Cl)CC1.O=C(Nc1ccc(C(F)(F)F)cc1)Oc1ccc([N+](=O)[O-])cc1.OCC(CO)c1cnc(C2=CCNCC2)c(Cl)c1.OOOO. The first-order chi connectivity index (χ1) is 36.1. The van der Waals surface area contributed by atoms with E-state index in [1.54, 1.807) is 24.5 Å². The van der Waals surface area contributed by atoms with Crippen LogP contribution < -0.4 is 20.7 Å². The highest BCUT2D eigenvalue weighted by molar-refractivity contribution is 6.32. The third-order valence-corrected chi connectivity index (χ3v) is 11.5. The zero-order chi connectivity index (χ0) is 56.0. The van der Waals surface area contributed by atoms with Gasteiger partial charge in [0.25, 0.3) is 5.69 Å². The van der Waals surface area contributed by atoms with Crippen molar-refractivity contribution >= 4 is 75.9 Å². The van der Waals surface area contributed by atoms with Gasteiger partial charge >= 0.3 is 24.5 Å². The van der Waals surface area contributed by atoms with Crippen LogP contribution in [0.4, 0.5) is 53.0 Å². The topological polar surface area (TPSA) is 291 Å². The smallest absolute Gasteiger partial charge is 0.410 e. The van der Waals surface area contributed by atoms with Crippen LogP contribution in [0.1, 0.15) is 73.2 Å². The number of carbonyl (C=O) groups excluding carboxylic acids is 2. The second-order valence-electron chi connectivity index (χ2n) is 15.9. The van der Waals surface area contributed by atoms with Gasteiger partial charge in [0, 0.05) is 67.4 Å². The van der Waals surface area contributed by atoms with Gasteiger partial charge in [-0.05, 0) is 125 Å². The largest absolute Gasteiger partial charge is 0.417 e. The van der Waals surface area contributed by atoms with E-state index in [0.29, 0.717) is 34.3 Å². The van der Waals surface area contributed by atoms with Gasteiger partial charge in [0.15, 0.2) is 0 Å². The van der Waals surface area contributed by atoms with Gasteiger partial charge < -0.3 is 40.7 Å². The van der Waals surface area contributed by atoms with Crippen molar-refractivity contribution in [1.29, 1.82) is 0 Å². The fraction of sp³-hybridized carbons (Fsp3) is 0.320. The molecule has 0 saturated carbocycles. The zero-order valence-electron chi connectivity index (χ0n) is 39.9. The van der Waals surface area contributed by atoms with Crippen molar-refractivity contribution in [3.63, 3.8) is 0 Å². The van der Waals surface area contributed by atoms with Gasteiger partial charge in [-0.15, -0.1) is 12.4 Å². The van der Waals surface area contributed by atoms with E-state index in [9.17, 15) is 56.3 Å². The van der Waals surface area contributed by atoms with E-state index in [-0.39, 0.29) is 89.0 Å². The molecule has 20 nitrogen and oxygen atoms in total. The molecule has 0 spiro atoms. The lowest BCUT2D eigenvalue weighted by Crippen LogP contribution is -2.38. The lowest BCUT2D eigenvalue weighted by molar-refractivity contribution is -0.611. The lowest BCUT2D eigenvalue weighted by atomic mass is 10.00. The molecular formula is C50H58Cl3F6N7O13. The number of nitro benzene ring substituents is 1. The maximum atomic E-state index is 12.6. The number of hydrogen-bond acceptors (Lipinski definition) is 16. The van der Waals surface area contributed by atoms with E-state index < -0.39 is 46.4 Å². The molecule has 5 aromatic rings. The zero-order valence-corrected chi connectivity index (χ0v) is 42.2. The molecule has 2 aromatic heterocycles. The normalized spacial score (nSPS) is 12.9. The number of hydrogen-bond donors (Lipinski definition) is 9. The Morgan fingerprint density at radius 3 is 1.51 bits per heavy atom. The Labute approximate surface area is 465 Å². The van der Waals surface area contributed by atoms with E-state index in [2.05, 4.69) is 42.1 Å². The monoisotopic (exact) mass is 1180 g/mol. The van der Waals surface area contributed by atoms with Crippen molar-refractivity contribution in [3.8, 4) is 5.75 Å². The fourth-order valence-corrected chi connectivity index (χ4v) is 7.43. The predicted molar refractivity (Wildman–Crippen MR) is 285 cm³/mol. The average Bonchev–Trinajstić information content (AvgIpc) is 3.41. The van der Waals surface area contributed by atoms with Crippen molar-refractivity contribution in [1.82, 2.24) is 20.2 Å². The first-order valence-electron chi connectivity index (χ1n) is 22.2. The van der Waals surface area contributed by atoms with Crippen LogP contribution in [0.3, 0.4) is 0 Å². The number of alkyl halides is 6. The van der Waals surface area contributed by atoms with Crippen molar-refractivity contribution in [3.05, 3.63) is 163 Å². The Morgan fingerprint density at radius 1 is 0.709 bits per heavy atom. The summed E-state index contributed by atoms with van der Waals surface area (Å²) < 4.78 is 80.0. The minimum Gasteiger partial charge on any atom is -0.410 e. The number of amides is 3. The quantitative estimate of drug-likeness (QED) is 0.0229. The number of halogens is 9. The number of pyridine rings is 2. The summed E-state index contributed by atoms with van der Waals surface area (Å²) in [5.74, 6) is -0.713. The number of nitrogens with zero attached hydrogens (tertiary/aromatic N) is 4. The van der Waals surface area contributed by atoms with E-state index in [1.165, 1.54) is 29.2 Å². The molecule has 2 aliphatic rings. The van der Waals surface area contributed by atoms with Crippen LogP contribution in [0, 0.1) is 10.1 Å². The summed E-state index contributed by atoms with van der Waals surface area (Å²) in [6.07, 6.45) is -1.26. The molecule has 0 atom stereocenters. The summed E-state index contributed by atoms with van der Waals surface area (Å²) in [7, 11) is 0. The number of ether oxygens (including phenoxy) is 1. The van der Waals surface area contributed by atoms with Crippen molar-refractivity contribution in [2.24, 2.45) is 0 Å². The number of anilines is 2. The summed E-state index contributed by atoms with van der Waals surface area (Å²) in [6.45, 7) is 1.78. The number of nitrogens with one attached hydrogen (secondary N) is 3. The second-order valence-corrected chi connectivity index (χ2v) is 16.7. The summed E-state index contributed by atoms with van der Waals surface area (Å²) in [4.78, 5) is 44.1. The van der Waals surface area contributed by atoms with Gasteiger partial charge in [-0.1, -0.05) is 50.2 Å². The van der Waals surface area contributed by atoms with Crippen LogP contribution in [0.25, 0.3) is 11.1 Å². The number of benzene rings is 3. The van der Waals surface area contributed by atoms with Gasteiger partial charge in [0.1, 0.15) is 5.75 Å². The van der Waals surface area contributed by atoms with E-state index >= 15 is 0 Å². The number of aliphatic hydroxyl groups excluding tert-OH is 4. The maximum Gasteiger partial charge on any atom is 0.417 e. The molecule has 4 heterocycles. The molecule has 3 amide bonds. The first-order valence-corrected chi connectivity index (χ1v) is 23.0. The summed E-state index contributed by atoms with van der Waals surface area (Å²) in [5, 5.41) is 75.4. The van der Waals surface area contributed by atoms with E-state index in [0.717, 1.165) is 90.4 Å². The molecule has 9 N–H and O–H groups in total. The number of carbonyl (C=O) groups is 2. The van der Waals surface area contributed by atoms with E-state index in [1.807, 2.05) is 6.08 Å². The van der Waals surface area contributed by atoms with Crippen LogP contribution in [0.15, 0.2) is 109 Å².